The van der Waals surface area contributed by atoms with Gasteiger partial charge in [0.15, 0.2) is 17.4 Å². The minimum Gasteiger partial charge on any atom is -0.288 e. The zero-order valence-corrected chi connectivity index (χ0v) is 11.1. The molecule has 2 aromatic carbocycles. The number of carbonyl (C=O) groups excluding carboxylic acids is 1. The molecular formula is C16H14F2O. The Hall–Kier alpha value is -2.03. The number of benzene rings is 2. The van der Waals surface area contributed by atoms with E-state index in [1.54, 1.807) is 19.1 Å². The van der Waals surface area contributed by atoms with E-state index in [2.05, 4.69) is 0 Å². The Labute approximate surface area is 110 Å². The summed E-state index contributed by atoms with van der Waals surface area (Å²) in [6.45, 7) is 5.15. The van der Waals surface area contributed by atoms with Crippen LogP contribution in [0.15, 0.2) is 30.3 Å². The van der Waals surface area contributed by atoms with Crippen LogP contribution in [0, 0.1) is 32.4 Å². The lowest BCUT2D eigenvalue weighted by molar-refractivity contribution is 0.103. The molecule has 0 heterocycles. The van der Waals surface area contributed by atoms with Gasteiger partial charge in [0.05, 0.1) is 5.56 Å². The van der Waals surface area contributed by atoms with Gasteiger partial charge in [-0.05, 0) is 38.0 Å². The standard InChI is InChI=1S/C16H14F2O/c1-9-4-6-12(11(3)8-9)16(19)13-7-5-10(2)14(17)15(13)18/h4-8H,1-3H3. The molecule has 2 rings (SSSR count). The first-order valence-electron chi connectivity index (χ1n) is 5.98. The summed E-state index contributed by atoms with van der Waals surface area (Å²) in [5, 5.41) is 0. The quantitative estimate of drug-likeness (QED) is 0.742. The topological polar surface area (TPSA) is 17.1 Å². The van der Waals surface area contributed by atoms with Gasteiger partial charge >= 0.3 is 0 Å². The number of hydrogen-bond donors (Lipinski definition) is 0. The van der Waals surface area contributed by atoms with Crippen molar-refractivity contribution < 1.29 is 13.6 Å². The maximum absolute atomic E-state index is 13.8. The summed E-state index contributed by atoms with van der Waals surface area (Å²) in [6.07, 6.45) is 0. The predicted octanol–water partition coefficient (Wildman–Crippen LogP) is 4.12. The van der Waals surface area contributed by atoms with Crippen LogP contribution in [0.4, 0.5) is 8.78 Å². The molecule has 0 fully saturated rings. The van der Waals surface area contributed by atoms with Gasteiger partial charge in [-0.25, -0.2) is 8.78 Å². The molecule has 0 aliphatic carbocycles. The smallest absolute Gasteiger partial charge is 0.196 e. The fourth-order valence-corrected chi connectivity index (χ4v) is 2.03. The SMILES string of the molecule is Cc1ccc(C(=O)c2ccc(C)c(F)c2F)c(C)c1. The van der Waals surface area contributed by atoms with E-state index in [9.17, 15) is 13.6 Å². The second-order valence-corrected chi connectivity index (χ2v) is 4.71. The van der Waals surface area contributed by atoms with Crippen molar-refractivity contribution in [1.29, 1.82) is 0 Å². The van der Waals surface area contributed by atoms with Crippen LogP contribution >= 0.6 is 0 Å². The summed E-state index contributed by atoms with van der Waals surface area (Å²) in [7, 11) is 0. The van der Waals surface area contributed by atoms with Gasteiger partial charge < -0.3 is 0 Å². The molecule has 0 aliphatic rings. The van der Waals surface area contributed by atoms with Crippen LogP contribution in [0.1, 0.15) is 32.6 Å². The normalized spacial score (nSPS) is 10.6. The van der Waals surface area contributed by atoms with Crippen LogP contribution in [-0.4, -0.2) is 5.78 Å². The van der Waals surface area contributed by atoms with Crippen LogP contribution < -0.4 is 0 Å². The lowest BCUT2D eigenvalue weighted by atomic mass is 9.96. The summed E-state index contributed by atoms with van der Waals surface area (Å²) in [4.78, 5) is 12.3. The van der Waals surface area contributed by atoms with Gasteiger partial charge in [0.1, 0.15) is 0 Å². The van der Waals surface area contributed by atoms with Crippen molar-refractivity contribution in [1.82, 2.24) is 0 Å². The third kappa shape index (κ3) is 2.41. The molecular weight excluding hydrogens is 246 g/mol. The van der Waals surface area contributed by atoms with Crippen LogP contribution in [-0.2, 0) is 0 Å². The molecule has 0 spiro atoms. The van der Waals surface area contributed by atoms with Gasteiger partial charge in [0, 0.05) is 5.56 Å². The zero-order valence-electron chi connectivity index (χ0n) is 11.1. The molecule has 0 unspecified atom stereocenters. The largest absolute Gasteiger partial charge is 0.288 e. The van der Waals surface area contributed by atoms with Gasteiger partial charge in [-0.2, -0.15) is 0 Å². The predicted molar refractivity (Wildman–Crippen MR) is 70.4 cm³/mol. The molecule has 0 radical (unpaired) electrons. The van der Waals surface area contributed by atoms with Crippen molar-refractivity contribution in [3.8, 4) is 0 Å². The van der Waals surface area contributed by atoms with Gasteiger partial charge in [-0.3, -0.25) is 4.79 Å². The van der Waals surface area contributed by atoms with Crippen molar-refractivity contribution in [2.45, 2.75) is 20.8 Å². The van der Waals surface area contributed by atoms with Crippen molar-refractivity contribution >= 4 is 5.78 Å². The third-order valence-corrected chi connectivity index (χ3v) is 3.15. The second-order valence-electron chi connectivity index (χ2n) is 4.71. The summed E-state index contributed by atoms with van der Waals surface area (Å²) in [5.74, 6) is -2.53. The number of ketones is 1. The molecule has 98 valence electrons. The molecule has 0 aliphatic heterocycles. The summed E-state index contributed by atoms with van der Waals surface area (Å²) >= 11 is 0. The van der Waals surface area contributed by atoms with E-state index >= 15 is 0 Å². The minimum absolute atomic E-state index is 0.190. The molecule has 3 heteroatoms. The van der Waals surface area contributed by atoms with Crippen LogP contribution in [0.5, 0.6) is 0 Å². The van der Waals surface area contributed by atoms with Crippen LogP contribution in [0.2, 0.25) is 0 Å². The van der Waals surface area contributed by atoms with E-state index in [0.717, 1.165) is 11.1 Å². The zero-order chi connectivity index (χ0) is 14.2. The first-order valence-corrected chi connectivity index (χ1v) is 5.98. The van der Waals surface area contributed by atoms with Crippen molar-refractivity contribution in [2.24, 2.45) is 0 Å². The lowest BCUT2D eigenvalue weighted by Crippen LogP contribution is -2.08. The van der Waals surface area contributed by atoms with Gasteiger partial charge in [0.25, 0.3) is 0 Å². The Morgan fingerprint density at radius 1 is 0.842 bits per heavy atom. The van der Waals surface area contributed by atoms with E-state index in [1.807, 2.05) is 13.0 Å². The molecule has 1 nitrogen and oxygen atoms in total. The van der Waals surface area contributed by atoms with E-state index in [4.69, 9.17) is 0 Å². The van der Waals surface area contributed by atoms with E-state index in [1.165, 1.54) is 19.1 Å². The molecule has 19 heavy (non-hydrogen) atoms. The minimum atomic E-state index is -1.08. The highest BCUT2D eigenvalue weighted by molar-refractivity contribution is 6.10. The van der Waals surface area contributed by atoms with E-state index < -0.39 is 17.4 Å². The maximum Gasteiger partial charge on any atom is 0.196 e. The summed E-state index contributed by atoms with van der Waals surface area (Å²) in [5.41, 5.74) is 2.13. The van der Waals surface area contributed by atoms with E-state index in [-0.39, 0.29) is 11.1 Å². The Balaban J connectivity index is 2.53. The van der Waals surface area contributed by atoms with E-state index in [0.29, 0.717) is 5.56 Å². The molecule has 0 aromatic heterocycles. The number of carbonyl (C=O) groups is 1. The van der Waals surface area contributed by atoms with Crippen LogP contribution in [0.3, 0.4) is 0 Å². The third-order valence-electron chi connectivity index (χ3n) is 3.15. The molecule has 0 amide bonds. The molecule has 0 saturated heterocycles. The molecule has 2 aromatic rings. The number of halogens is 2. The van der Waals surface area contributed by atoms with Crippen molar-refractivity contribution in [3.05, 3.63) is 69.8 Å². The number of hydrogen-bond acceptors (Lipinski definition) is 1. The fourth-order valence-electron chi connectivity index (χ4n) is 2.03. The Kier molecular flexibility index (Phi) is 3.47. The highest BCUT2D eigenvalue weighted by Gasteiger charge is 2.19. The number of aryl methyl sites for hydroxylation is 3. The van der Waals surface area contributed by atoms with Gasteiger partial charge in [0.2, 0.25) is 0 Å². The maximum atomic E-state index is 13.8. The van der Waals surface area contributed by atoms with Gasteiger partial charge in [-0.1, -0.05) is 29.8 Å². The summed E-state index contributed by atoms with van der Waals surface area (Å²) in [6, 6.07) is 8.01. The average molecular weight is 260 g/mol. The monoisotopic (exact) mass is 260 g/mol. The molecule has 0 saturated carbocycles. The highest BCUT2D eigenvalue weighted by Crippen LogP contribution is 2.21. The summed E-state index contributed by atoms with van der Waals surface area (Å²) < 4.78 is 27.3. The van der Waals surface area contributed by atoms with Gasteiger partial charge in [-0.15, -0.1) is 0 Å². The van der Waals surface area contributed by atoms with Crippen molar-refractivity contribution in [3.63, 3.8) is 0 Å². The Morgan fingerprint density at radius 3 is 2.11 bits per heavy atom. The number of rotatable bonds is 2. The van der Waals surface area contributed by atoms with Crippen molar-refractivity contribution in [2.75, 3.05) is 0 Å². The first kappa shape index (κ1) is 13.4. The van der Waals surface area contributed by atoms with Crippen LogP contribution in [0.25, 0.3) is 0 Å². The fraction of sp³-hybridized carbons (Fsp3) is 0.188. The first-order chi connectivity index (χ1) is 8.91. The Morgan fingerprint density at radius 2 is 1.47 bits per heavy atom. The molecule has 0 bridgehead atoms. The Bertz CT molecular complexity index is 660. The lowest BCUT2D eigenvalue weighted by Gasteiger charge is -2.08. The molecule has 0 atom stereocenters. The second kappa shape index (κ2) is 4.92. The molecule has 0 N–H and O–H groups in total. The highest BCUT2D eigenvalue weighted by atomic mass is 19.2. The average Bonchev–Trinajstić information content (AvgIpc) is 2.35.